The van der Waals surface area contributed by atoms with Crippen molar-refractivity contribution in [1.29, 1.82) is 0 Å². The maximum atomic E-state index is 12.5. The lowest BCUT2D eigenvalue weighted by atomic mass is 10.00. The summed E-state index contributed by atoms with van der Waals surface area (Å²) in [5, 5.41) is 10.2. The molecule has 1 N–H and O–H groups in total. The molecule has 0 aliphatic rings. The number of benzene rings is 2. The first kappa shape index (κ1) is 17.2. The number of hydrogen-bond donors (Lipinski definition) is 1. The predicted octanol–water partition coefficient (Wildman–Crippen LogP) is 4.64. The number of phenols is 1. The molecule has 0 fully saturated rings. The molecule has 2 rings (SSSR count). The number of carbonyl (C=O) groups is 1. The van der Waals surface area contributed by atoms with Crippen LogP contribution < -0.4 is 4.74 Å². The van der Waals surface area contributed by atoms with E-state index in [1.54, 1.807) is 30.8 Å². The van der Waals surface area contributed by atoms with E-state index in [0.717, 1.165) is 11.1 Å². The van der Waals surface area contributed by atoms with Crippen molar-refractivity contribution in [1.82, 2.24) is 0 Å². The molecule has 0 spiro atoms. The normalized spacial score (nSPS) is 11.0. The zero-order valence-corrected chi connectivity index (χ0v) is 14.5. The van der Waals surface area contributed by atoms with Crippen LogP contribution in [0.25, 0.3) is 6.08 Å². The van der Waals surface area contributed by atoms with Crippen molar-refractivity contribution >= 4 is 23.6 Å². The van der Waals surface area contributed by atoms with Gasteiger partial charge in [-0.15, -0.1) is 11.8 Å². The molecular formula is C19H20O3S. The molecule has 4 heteroatoms. The van der Waals surface area contributed by atoms with E-state index in [9.17, 15) is 9.90 Å². The fourth-order valence-electron chi connectivity index (χ4n) is 2.42. The zero-order valence-electron chi connectivity index (χ0n) is 13.7. The van der Waals surface area contributed by atoms with Crippen LogP contribution in [0.5, 0.6) is 11.5 Å². The van der Waals surface area contributed by atoms with E-state index < -0.39 is 0 Å². The van der Waals surface area contributed by atoms with Gasteiger partial charge in [0.25, 0.3) is 0 Å². The summed E-state index contributed by atoms with van der Waals surface area (Å²) in [7, 11) is 1.50. The van der Waals surface area contributed by atoms with Crippen LogP contribution in [0.1, 0.15) is 27.0 Å². The SMILES string of the molecule is COc1c(C)cc(C)c(O)c1C(=O)/C=C/c1ccc(SC)cc1. The molecule has 0 saturated carbocycles. The molecule has 0 aromatic heterocycles. The number of aromatic hydroxyl groups is 1. The summed E-state index contributed by atoms with van der Waals surface area (Å²) in [6, 6.07) is 9.71. The lowest BCUT2D eigenvalue weighted by molar-refractivity contribution is 0.104. The Bertz CT molecular complexity index is 746. The van der Waals surface area contributed by atoms with E-state index in [2.05, 4.69) is 0 Å². The van der Waals surface area contributed by atoms with Gasteiger partial charge in [-0.2, -0.15) is 0 Å². The molecule has 0 amide bonds. The third kappa shape index (κ3) is 3.77. The predicted molar refractivity (Wildman–Crippen MR) is 95.7 cm³/mol. The first-order valence-electron chi connectivity index (χ1n) is 7.21. The molecule has 0 unspecified atom stereocenters. The third-order valence-electron chi connectivity index (χ3n) is 3.62. The van der Waals surface area contributed by atoms with Gasteiger partial charge in [0.05, 0.1) is 7.11 Å². The number of allylic oxidation sites excluding steroid dienone is 1. The van der Waals surface area contributed by atoms with Crippen molar-refractivity contribution in [2.24, 2.45) is 0 Å². The van der Waals surface area contributed by atoms with Crippen LogP contribution in [0.15, 0.2) is 41.3 Å². The van der Waals surface area contributed by atoms with E-state index in [1.165, 1.54) is 18.1 Å². The molecule has 3 nitrogen and oxygen atoms in total. The Labute approximate surface area is 141 Å². The standard InChI is InChI=1S/C19H20O3S/c1-12-11-13(2)19(22-3)17(18(12)21)16(20)10-7-14-5-8-15(23-4)9-6-14/h5-11,21H,1-4H3/b10-7+. The number of ether oxygens (including phenoxy) is 1. The first-order chi connectivity index (χ1) is 11.0. The molecule has 0 radical (unpaired) electrons. The second-order valence-corrected chi connectivity index (χ2v) is 6.12. The Morgan fingerprint density at radius 2 is 1.83 bits per heavy atom. The number of rotatable bonds is 5. The maximum Gasteiger partial charge on any atom is 0.193 e. The molecule has 0 saturated heterocycles. The summed E-state index contributed by atoms with van der Waals surface area (Å²) in [4.78, 5) is 13.7. The van der Waals surface area contributed by atoms with Gasteiger partial charge in [0.2, 0.25) is 0 Å². The highest BCUT2D eigenvalue weighted by Crippen LogP contribution is 2.34. The Hall–Kier alpha value is -2.20. The second-order valence-electron chi connectivity index (χ2n) is 5.24. The zero-order chi connectivity index (χ0) is 17.0. The van der Waals surface area contributed by atoms with Crippen molar-refractivity contribution in [3.8, 4) is 11.5 Å². The first-order valence-corrected chi connectivity index (χ1v) is 8.44. The molecule has 23 heavy (non-hydrogen) atoms. The van der Waals surface area contributed by atoms with Gasteiger partial charge in [-0.3, -0.25) is 4.79 Å². The van der Waals surface area contributed by atoms with Crippen LogP contribution in [-0.4, -0.2) is 24.3 Å². The maximum absolute atomic E-state index is 12.5. The quantitative estimate of drug-likeness (QED) is 0.493. The molecule has 2 aromatic carbocycles. The second kappa shape index (κ2) is 7.38. The van der Waals surface area contributed by atoms with Crippen LogP contribution in [-0.2, 0) is 0 Å². The van der Waals surface area contributed by atoms with E-state index in [1.807, 2.05) is 37.4 Å². The highest BCUT2D eigenvalue weighted by molar-refractivity contribution is 7.98. The van der Waals surface area contributed by atoms with Crippen LogP contribution in [0.2, 0.25) is 0 Å². The topological polar surface area (TPSA) is 46.5 Å². The van der Waals surface area contributed by atoms with Crippen molar-refractivity contribution in [2.45, 2.75) is 18.7 Å². The van der Waals surface area contributed by atoms with Crippen LogP contribution in [0.3, 0.4) is 0 Å². The summed E-state index contributed by atoms with van der Waals surface area (Å²) >= 11 is 1.67. The summed E-state index contributed by atoms with van der Waals surface area (Å²) in [6.07, 6.45) is 5.22. The van der Waals surface area contributed by atoms with E-state index in [-0.39, 0.29) is 17.1 Å². The van der Waals surface area contributed by atoms with Crippen LogP contribution >= 0.6 is 11.8 Å². The van der Waals surface area contributed by atoms with Crippen LogP contribution in [0, 0.1) is 13.8 Å². The fraction of sp³-hybridized carbons (Fsp3) is 0.211. The minimum absolute atomic E-state index is 0.0279. The smallest absolute Gasteiger partial charge is 0.193 e. The number of phenolic OH excluding ortho intramolecular Hbond substituents is 1. The van der Waals surface area contributed by atoms with E-state index in [4.69, 9.17) is 4.74 Å². The van der Waals surface area contributed by atoms with Gasteiger partial charge >= 0.3 is 0 Å². The fourth-order valence-corrected chi connectivity index (χ4v) is 2.83. The molecule has 0 aliphatic carbocycles. The molecule has 0 aliphatic heterocycles. The van der Waals surface area contributed by atoms with Gasteiger partial charge in [-0.1, -0.05) is 18.2 Å². The Morgan fingerprint density at radius 3 is 2.39 bits per heavy atom. The van der Waals surface area contributed by atoms with E-state index in [0.29, 0.717) is 11.3 Å². The average Bonchev–Trinajstić information content (AvgIpc) is 2.56. The lowest BCUT2D eigenvalue weighted by Gasteiger charge is -2.13. The molecule has 120 valence electrons. The van der Waals surface area contributed by atoms with Crippen LogP contribution in [0.4, 0.5) is 0 Å². The monoisotopic (exact) mass is 328 g/mol. The Morgan fingerprint density at radius 1 is 1.17 bits per heavy atom. The number of thioether (sulfide) groups is 1. The van der Waals surface area contributed by atoms with Gasteiger partial charge in [0.1, 0.15) is 17.1 Å². The summed E-state index contributed by atoms with van der Waals surface area (Å²) in [6.45, 7) is 3.62. The molecule has 0 bridgehead atoms. The molecule has 0 atom stereocenters. The number of carbonyl (C=O) groups excluding carboxylic acids is 1. The van der Waals surface area contributed by atoms with Crippen molar-refractivity contribution in [3.63, 3.8) is 0 Å². The molecule has 2 aromatic rings. The summed E-state index contributed by atoms with van der Waals surface area (Å²) in [5.41, 5.74) is 2.62. The number of methoxy groups -OCH3 is 1. The summed E-state index contributed by atoms with van der Waals surface area (Å²) < 4.78 is 5.30. The van der Waals surface area contributed by atoms with Gasteiger partial charge in [-0.05, 0) is 61.1 Å². The summed E-state index contributed by atoms with van der Waals surface area (Å²) in [5.74, 6) is 0.111. The minimum atomic E-state index is -0.278. The molecular weight excluding hydrogens is 308 g/mol. The molecule has 0 heterocycles. The third-order valence-corrected chi connectivity index (χ3v) is 4.37. The van der Waals surface area contributed by atoms with E-state index >= 15 is 0 Å². The highest BCUT2D eigenvalue weighted by Gasteiger charge is 2.19. The largest absolute Gasteiger partial charge is 0.507 e. The van der Waals surface area contributed by atoms with Gasteiger partial charge in [0.15, 0.2) is 5.78 Å². The van der Waals surface area contributed by atoms with Crippen molar-refractivity contribution in [3.05, 3.63) is 58.7 Å². The highest BCUT2D eigenvalue weighted by atomic mass is 32.2. The number of aryl methyl sites for hydroxylation is 2. The lowest BCUT2D eigenvalue weighted by Crippen LogP contribution is -2.03. The average molecular weight is 328 g/mol. The van der Waals surface area contributed by atoms with Gasteiger partial charge in [-0.25, -0.2) is 0 Å². The van der Waals surface area contributed by atoms with Crippen molar-refractivity contribution < 1.29 is 14.6 Å². The Kier molecular flexibility index (Phi) is 5.50. The minimum Gasteiger partial charge on any atom is -0.507 e. The van der Waals surface area contributed by atoms with Gasteiger partial charge < -0.3 is 9.84 Å². The number of hydrogen-bond acceptors (Lipinski definition) is 4. The number of ketones is 1. The van der Waals surface area contributed by atoms with Gasteiger partial charge in [0, 0.05) is 4.90 Å². The Balaban J connectivity index is 2.35. The van der Waals surface area contributed by atoms with Crippen molar-refractivity contribution in [2.75, 3.05) is 13.4 Å².